The molecule has 0 aromatic rings. The third-order valence-electron chi connectivity index (χ3n) is 2.40. The van der Waals surface area contributed by atoms with Crippen LogP contribution in [0.15, 0.2) is 23.2 Å². The van der Waals surface area contributed by atoms with Gasteiger partial charge in [-0.1, -0.05) is 17.7 Å². The summed E-state index contributed by atoms with van der Waals surface area (Å²) in [4.78, 5) is 0. The molecule has 0 saturated heterocycles. The number of hydrogen-bond acceptors (Lipinski definition) is 0. The van der Waals surface area contributed by atoms with Crippen LogP contribution in [-0.4, -0.2) is 12.0 Å². The van der Waals surface area contributed by atoms with Crippen molar-refractivity contribution in [3.63, 3.8) is 0 Å². The van der Waals surface area contributed by atoms with Crippen molar-refractivity contribution >= 4 is 30.4 Å². The van der Waals surface area contributed by atoms with Crippen LogP contribution in [0.1, 0.15) is 19.8 Å². The summed E-state index contributed by atoms with van der Waals surface area (Å²) >= 11 is 1.87. The Hall–Kier alpha value is 0.205. The molecule has 0 bridgehead atoms. The fraction of sp³-hybridized carbons (Fsp3) is 0.556. The normalized spacial score (nSPS) is 27.1. The summed E-state index contributed by atoms with van der Waals surface area (Å²) in [6, 6.07) is 0. The number of halogens is 2. The average molecular weight is 278 g/mol. The van der Waals surface area contributed by atoms with Gasteiger partial charge in [-0.15, -0.1) is 5.47 Å². The number of alkyl halides is 2. The van der Waals surface area contributed by atoms with Crippen molar-refractivity contribution in [3.05, 3.63) is 23.2 Å². The predicted octanol–water partition coefficient (Wildman–Crippen LogP) is 2.59. The van der Waals surface area contributed by atoms with Crippen molar-refractivity contribution in [1.82, 2.24) is 0 Å². The van der Waals surface area contributed by atoms with Gasteiger partial charge in [-0.3, -0.25) is 0 Å². The first-order valence-electron chi connectivity index (χ1n) is 4.22. The lowest BCUT2D eigenvalue weighted by Gasteiger charge is -2.14. The summed E-state index contributed by atoms with van der Waals surface area (Å²) in [6.07, 6.45) is 5.97. The summed E-state index contributed by atoms with van der Waals surface area (Å²) in [5, 5.41) is 0. The highest BCUT2D eigenvalue weighted by Crippen LogP contribution is 2.28. The van der Waals surface area contributed by atoms with Gasteiger partial charge >= 0.3 is 0 Å². The lowest BCUT2D eigenvalue weighted by Crippen LogP contribution is -2.09. The Morgan fingerprint density at radius 2 is 2.42 bits per heavy atom. The second kappa shape index (κ2) is 4.44. The molecule has 0 spiro atoms. The van der Waals surface area contributed by atoms with Gasteiger partial charge in [-0.25, -0.2) is 4.39 Å². The van der Waals surface area contributed by atoms with Gasteiger partial charge in [0.05, 0.1) is 0 Å². The summed E-state index contributed by atoms with van der Waals surface area (Å²) < 4.78 is 12.3. The van der Waals surface area contributed by atoms with Gasteiger partial charge in [0.2, 0.25) is 0 Å². The molecule has 0 amide bonds. The van der Waals surface area contributed by atoms with Crippen molar-refractivity contribution in [2.75, 3.05) is 0 Å². The topological polar surface area (TPSA) is 0 Å². The molecule has 0 aromatic heterocycles. The molecule has 12 heavy (non-hydrogen) atoms. The SMILES string of the molecule is BC1=C(C)C=CCC(C(F)I)C1. The van der Waals surface area contributed by atoms with Gasteiger partial charge in [-0.2, -0.15) is 0 Å². The molecule has 0 aliphatic heterocycles. The Morgan fingerprint density at radius 1 is 1.75 bits per heavy atom. The van der Waals surface area contributed by atoms with E-state index in [1.807, 2.05) is 22.6 Å². The van der Waals surface area contributed by atoms with E-state index >= 15 is 0 Å². The molecular weight excluding hydrogens is 265 g/mol. The van der Waals surface area contributed by atoms with Crippen LogP contribution >= 0.6 is 22.6 Å². The van der Waals surface area contributed by atoms with Gasteiger partial charge in [-0.05, 0) is 42.4 Å². The molecule has 0 saturated carbocycles. The summed E-state index contributed by atoms with van der Waals surface area (Å²) in [5.74, 6) is 0.180. The monoisotopic (exact) mass is 278 g/mol. The molecule has 66 valence electrons. The number of rotatable bonds is 1. The van der Waals surface area contributed by atoms with Crippen LogP contribution in [0.3, 0.4) is 0 Å². The second-order valence-electron chi connectivity index (χ2n) is 3.40. The van der Waals surface area contributed by atoms with Crippen LogP contribution < -0.4 is 0 Å². The van der Waals surface area contributed by atoms with Crippen LogP contribution in [0.5, 0.6) is 0 Å². The van der Waals surface area contributed by atoms with Crippen LogP contribution in [0.25, 0.3) is 0 Å². The maximum Gasteiger partial charge on any atom is 0.154 e. The number of allylic oxidation sites excluding steroid dienone is 4. The molecule has 3 heteroatoms. The van der Waals surface area contributed by atoms with Crippen LogP contribution in [0, 0.1) is 5.92 Å². The first-order chi connectivity index (χ1) is 5.61. The molecule has 0 fully saturated rings. The van der Waals surface area contributed by atoms with E-state index in [-0.39, 0.29) is 5.92 Å². The zero-order valence-corrected chi connectivity index (χ0v) is 9.64. The Labute approximate surface area is 87.9 Å². The van der Waals surface area contributed by atoms with Crippen LogP contribution in [0.4, 0.5) is 4.39 Å². The summed E-state index contributed by atoms with van der Waals surface area (Å²) in [5.41, 5.74) is 2.63. The Morgan fingerprint density at radius 3 is 3.00 bits per heavy atom. The molecule has 1 aliphatic carbocycles. The predicted molar refractivity (Wildman–Crippen MR) is 62.0 cm³/mol. The highest BCUT2D eigenvalue weighted by molar-refractivity contribution is 14.1. The lowest BCUT2D eigenvalue weighted by molar-refractivity contribution is 0.344. The fourth-order valence-corrected chi connectivity index (χ4v) is 1.94. The molecule has 2 unspecified atom stereocenters. The van der Waals surface area contributed by atoms with Crippen molar-refractivity contribution in [2.45, 2.75) is 23.9 Å². The minimum atomic E-state index is -0.715. The first kappa shape index (κ1) is 10.3. The van der Waals surface area contributed by atoms with E-state index in [0.29, 0.717) is 0 Å². The zero-order valence-electron chi connectivity index (χ0n) is 7.48. The molecule has 0 radical (unpaired) electrons. The Kier molecular flexibility index (Phi) is 3.81. The zero-order chi connectivity index (χ0) is 9.14. The summed E-state index contributed by atoms with van der Waals surface area (Å²) in [6.45, 7) is 2.09. The maximum absolute atomic E-state index is 13.0. The minimum Gasteiger partial charge on any atom is -0.236 e. The Bertz CT molecular complexity index is 221. The molecular formula is C9H13BFI. The van der Waals surface area contributed by atoms with E-state index in [1.165, 1.54) is 11.0 Å². The lowest BCUT2D eigenvalue weighted by atomic mass is 9.84. The third kappa shape index (κ3) is 2.61. The second-order valence-corrected chi connectivity index (χ2v) is 4.59. The summed E-state index contributed by atoms with van der Waals surface area (Å²) in [7, 11) is 2.09. The minimum absolute atomic E-state index is 0.180. The highest BCUT2D eigenvalue weighted by atomic mass is 127. The third-order valence-corrected chi connectivity index (χ3v) is 3.42. The molecule has 2 atom stereocenters. The largest absolute Gasteiger partial charge is 0.236 e. The smallest absolute Gasteiger partial charge is 0.154 e. The molecule has 0 nitrogen and oxygen atoms in total. The van der Waals surface area contributed by atoms with Gasteiger partial charge in [0.15, 0.2) is 4.18 Å². The van der Waals surface area contributed by atoms with E-state index in [0.717, 1.165) is 12.8 Å². The van der Waals surface area contributed by atoms with Gasteiger partial charge < -0.3 is 0 Å². The van der Waals surface area contributed by atoms with Crippen molar-refractivity contribution < 1.29 is 4.39 Å². The van der Waals surface area contributed by atoms with Crippen molar-refractivity contribution in [2.24, 2.45) is 5.92 Å². The average Bonchev–Trinajstić information content (AvgIpc) is 2.15. The molecule has 0 heterocycles. The van der Waals surface area contributed by atoms with E-state index in [9.17, 15) is 4.39 Å². The molecule has 1 aliphatic rings. The van der Waals surface area contributed by atoms with Crippen molar-refractivity contribution in [1.29, 1.82) is 0 Å². The number of hydrogen-bond donors (Lipinski definition) is 0. The molecule has 0 N–H and O–H groups in total. The highest BCUT2D eigenvalue weighted by Gasteiger charge is 2.18. The standard InChI is InChI=1S/C9H13BFI/c1-6-3-2-4-7(9(11)12)5-8(6)10/h2-3,7,9H,4-5,10H2,1H3. The first-order valence-corrected chi connectivity index (χ1v) is 5.47. The van der Waals surface area contributed by atoms with E-state index in [2.05, 4.69) is 26.9 Å². The maximum atomic E-state index is 13.0. The van der Waals surface area contributed by atoms with Gasteiger partial charge in [0.1, 0.15) is 7.85 Å². The Balaban J connectivity index is 2.72. The molecule has 0 aromatic carbocycles. The van der Waals surface area contributed by atoms with E-state index < -0.39 is 4.18 Å². The fourth-order valence-electron chi connectivity index (χ4n) is 1.39. The van der Waals surface area contributed by atoms with Crippen LogP contribution in [-0.2, 0) is 0 Å². The van der Waals surface area contributed by atoms with Gasteiger partial charge in [0.25, 0.3) is 0 Å². The van der Waals surface area contributed by atoms with Gasteiger partial charge in [0, 0.05) is 5.92 Å². The van der Waals surface area contributed by atoms with Crippen molar-refractivity contribution in [3.8, 4) is 0 Å². The van der Waals surface area contributed by atoms with Crippen LogP contribution in [0.2, 0.25) is 0 Å². The van der Waals surface area contributed by atoms with E-state index in [4.69, 9.17) is 0 Å². The van der Waals surface area contributed by atoms with E-state index in [1.54, 1.807) is 0 Å². The quantitative estimate of drug-likeness (QED) is 0.393. The molecule has 1 rings (SSSR count).